The Hall–Kier alpha value is -3.37. The van der Waals surface area contributed by atoms with Gasteiger partial charge in [0.1, 0.15) is 11.0 Å². The van der Waals surface area contributed by atoms with Gasteiger partial charge in [-0.15, -0.1) is 10.2 Å². The number of anilines is 2. The van der Waals surface area contributed by atoms with Crippen LogP contribution in [-0.2, 0) is 23.4 Å². The summed E-state index contributed by atoms with van der Waals surface area (Å²) < 4.78 is 45.7. The Labute approximate surface area is 169 Å². The summed E-state index contributed by atoms with van der Waals surface area (Å²) in [6.45, 7) is 2.43. The van der Waals surface area contributed by atoms with Gasteiger partial charge >= 0.3 is 6.18 Å². The minimum absolute atomic E-state index is 0.144. The number of nitrogens with one attached hydrogen (secondary N) is 2. The monoisotopic (exact) mass is 420 g/mol. The summed E-state index contributed by atoms with van der Waals surface area (Å²) in [5.41, 5.74) is -0.701. The quantitative estimate of drug-likeness (QED) is 0.657. The molecule has 0 unspecified atom stereocenters. The van der Waals surface area contributed by atoms with Crippen LogP contribution in [0.2, 0.25) is 0 Å². The molecule has 3 heterocycles. The number of carbonyl (C=O) groups is 1. The second-order valence-corrected chi connectivity index (χ2v) is 7.12. The second-order valence-electron chi connectivity index (χ2n) is 7.12. The molecule has 1 amide bonds. The van der Waals surface area contributed by atoms with E-state index < -0.39 is 17.2 Å². The molecular formula is C19H19F3N6O2. The van der Waals surface area contributed by atoms with Crippen molar-refractivity contribution < 1.29 is 22.4 Å². The van der Waals surface area contributed by atoms with Gasteiger partial charge in [0.25, 0.3) is 5.89 Å². The zero-order chi connectivity index (χ0) is 21.5. The van der Waals surface area contributed by atoms with Crippen LogP contribution in [0, 0.1) is 0 Å². The van der Waals surface area contributed by atoms with Crippen molar-refractivity contribution in [3.05, 3.63) is 41.9 Å². The number of alkyl halides is 3. The van der Waals surface area contributed by atoms with Gasteiger partial charge in [-0.1, -0.05) is 6.92 Å². The zero-order valence-corrected chi connectivity index (χ0v) is 16.2. The molecule has 2 aromatic heterocycles. The number of nitrogens with zero attached hydrogens (tertiary/aromatic N) is 4. The molecule has 8 nitrogen and oxygen atoms in total. The van der Waals surface area contributed by atoms with Gasteiger partial charge in [0, 0.05) is 25.5 Å². The normalized spacial score (nSPS) is 19.2. The van der Waals surface area contributed by atoms with E-state index in [2.05, 4.69) is 25.9 Å². The molecule has 1 fully saturated rings. The van der Waals surface area contributed by atoms with Crippen molar-refractivity contribution in [2.45, 2.75) is 31.4 Å². The van der Waals surface area contributed by atoms with Crippen molar-refractivity contribution >= 4 is 17.4 Å². The first-order chi connectivity index (χ1) is 14.2. The van der Waals surface area contributed by atoms with Crippen molar-refractivity contribution in [2.24, 2.45) is 7.05 Å². The van der Waals surface area contributed by atoms with E-state index in [-0.39, 0.29) is 17.7 Å². The average Bonchev–Trinajstić information content (AvgIpc) is 3.40. The van der Waals surface area contributed by atoms with Crippen molar-refractivity contribution in [3.63, 3.8) is 0 Å². The highest BCUT2D eigenvalue weighted by Gasteiger charge is 2.47. The fourth-order valence-electron chi connectivity index (χ4n) is 3.51. The zero-order valence-electron chi connectivity index (χ0n) is 16.2. The summed E-state index contributed by atoms with van der Waals surface area (Å²) in [5.74, 6) is 0.600. The first kappa shape index (κ1) is 19.9. The van der Waals surface area contributed by atoms with Crippen molar-refractivity contribution in [1.29, 1.82) is 0 Å². The number of hydrogen-bond acceptors (Lipinski definition) is 6. The predicted molar refractivity (Wildman–Crippen MR) is 101 cm³/mol. The van der Waals surface area contributed by atoms with Gasteiger partial charge in [0.05, 0.1) is 5.56 Å². The van der Waals surface area contributed by atoms with E-state index in [9.17, 15) is 18.0 Å². The lowest BCUT2D eigenvalue weighted by Gasteiger charge is -2.18. The van der Waals surface area contributed by atoms with E-state index in [1.807, 2.05) is 6.92 Å². The largest absolute Gasteiger partial charge is 0.419 e. The molecule has 4 rings (SSSR count). The maximum Gasteiger partial charge on any atom is 0.416 e. The van der Waals surface area contributed by atoms with Crippen LogP contribution < -0.4 is 10.6 Å². The van der Waals surface area contributed by atoms with E-state index in [0.29, 0.717) is 36.5 Å². The Morgan fingerprint density at radius 1 is 1.27 bits per heavy atom. The molecule has 0 bridgehead atoms. The molecule has 0 spiro atoms. The van der Waals surface area contributed by atoms with Gasteiger partial charge < -0.3 is 15.1 Å². The van der Waals surface area contributed by atoms with Gasteiger partial charge in [0.15, 0.2) is 5.82 Å². The van der Waals surface area contributed by atoms with E-state index in [1.54, 1.807) is 13.2 Å². The summed E-state index contributed by atoms with van der Waals surface area (Å²) in [6.07, 6.45) is -1.68. The van der Waals surface area contributed by atoms with Crippen LogP contribution in [0.5, 0.6) is 0 Å². The number of hydrogen-bond donors (Lipinski definition) is 2. The van der Waals surface area contributed by atoms with Crippen LogP contribution in [-0.4, -0.2) is 32.4 Å². The van der Waals surface area contributed by atoms with Crippen molar-refractivity contribution in [3.8, 4) is 11.5 Å². The summed E-state index contributed by atoms with van der Waals surface area (Å²) in [6, 6.07) is 4.60. The average molecular weight is 420 g/mol. The molecular weight excluding hydrogens is 401 g/mol. The van der Waals surface area contributed by atoms with E-state index >= 15 is 0 Å². The minimum Gasteiger partial charge on any atom is -0.419 e. The van der Waals surface area contributed by atoms with Crippen LogP contribution in [0.1, 0.15) is 31.2 Å². The maximum absolute atomic E-state index is 12.8. The fourth-order valence-corrected chi connectivity index (χ4v) is 3.51. The molecule has 11 heteroatoms. The first-order valence-corrected chi connectivity index (χ1v) is 9.33. The molecule has 30 heavy (non-hydrogen) atoms. The molecule has 158 valence electrons. The van der Waals surface area contributed by atoms with Gasteiger partial charge in [-0.3, -0.25) is 9.48 Å². The highest BCUT2D eigenvalue weighted by Crippen LogP contribution is 2.37. The Kier molecular flexibility index (Phi) is 4.75. The summed E-state index contributed by atoms with van der Waals surface area (Å²) in [5, 5.41) is 18.2. The molecule has 0 saturated carbocycles. The van der Waals surface area contributed by atoms with Crippen molar-refractivity contribution in [1.82, 2.24) is 25.3 Å². The molecule has 1 atom stereocenters. The van der Waals surface area contributed by atoms with Crippen LogP contribution in [0.15, 0.2) is 34.9 Å². The molecule has 3 aromatic rings. The maximum atomic E-state index is 12.8. The molecule has 1 aliphatic heterocycles. The lowest BCUT2D eigenvalue weighted by Crippen LogP contribution is -2.35. The van der Waals surface area contributed by atoms with E-state index in [0.717, 1.165) is 12.1 Å². The second kappa shape index (κ2) is 7.15. The van der Waals surface area contributed by atoms with Crippen LogP contribution in [0.4, 0.5) is 24.7 Å². The van der Waals surface area contributed by atoms with Crippen LogP contribution in [0.25, 0.3) is 11.5 Å². The number of aryl methyl sites for hydroxylation is 1. The summed E-state index contributed by atoms with van der Waals surface area (Å²) in [7, 11) is 1.69. The Bertz CT molecular complexity index is 1070. The SMILES string of the molecule is CC[C@]1(c2nnc(-c3cn(C)nc3Nc3ccc(C(F)(F)F)cc3)o2)CCNC1=O. The fraction of sp³-hybridized carbons (Fsp3) is 0.368. The van der Waals surface area contributed by atoms with E-state index in [4.69, 9.17) is 4.42 Å². The lowest BCUT2D eigenvalue weighted by molar-refractivity contribution is -0.137. The molecule has 2 N–H and O–H groups in total. The van der Waals surface area contributed by atoms with Gasteiger partial charge in [-0.25, -0.2) is 0 Å². The molecule has 0 radical (unpaired) electrons. The number of halogens is 3. The third kappa shape index (κ3) is 3.40. The predicted octanol–water partition coefficient (Wildman–Crippen LogP) is 3.40. The number of amides is 1. The summed E-state index contributed by atoms with van der Waals surface area (Å²) >= 11 is 0. The first-order valence-electron chi connectivity index (χ1n) is 9.33. The third-order valence-corrected chi connectivity index (χ3v) is 5.24. The highest BCUT2D eigenvalue weighted by atomic mass is 19.4. The number of rotatable bonds is 5. The molecule has 1 aliphatic rings. The standard InChI is InChI=1S/C19H19F3N6O2/c1-3-18(8-9-23-16(18)29)17-26-25-15(30-17)13-10-28(2)27-14(13)24-12-6-4-11(5-7-12)19(20,21)22/h4-7,10H,3,8-9H2,1-2H3,(H,23,29)(H,24,27)/t18-/m0/s1. The summed E-state index contributed by atoms with van der Waals surface area (Å²) in [4.78, 5) is 12.3. The topological polar surface area (TPSA) is 97.9 Å². The number of aromatic nitrogens is 4. The van der Waals surface area contributed by atoms with Crippen LogP contribution in [0.3, 0.4) is 0 Å². The Morgan fingerprint density at radius 2 is 2.00 bits per heavy atom. The number of benzene rings is 1. The lowest BCUT2D eigenvalue weighted by atomic mass is 9.83. The van der Waals surface area contributed by atoms with Crippen molar-refractivity contribution in [2.75, 3.05) is 11.9 Å². The minimum atomic E-state index is -4.41. The van der Waals surface area contributed by atoms with Gasteiger partial charge in [0.2, 0.25) is 11.8 Å². The molecule has 0 aliphatic carbocycles. The van der Waals surface area contributed by atoms with Gasteiger partial charge in [-0.05, 0) is 37.1 Å². The van der Waals surface area contributed by atoms with Gasteiger partial charge in [-0.2, -0.15) is 18.3 Å². The highest BCUT2D eigenvalue weighted by molar-refractivity contribution is 5.89. The van der Waals surface area contributed by atoms with Crippen LogP contribution >= 0.6 is 0 Å². The Morgan fingerprint density at radius 3 is 2.60 bits per heavy atom. The van der Waals surface area contributed by atoms with E-state index in [1.165, 1.54) is 16.8 Å². The number of carbonyl (C=O) groups excluding carboxylic acids is 1. The third-order valence-electron chi connectivity index (χ3n) is 5.24. The smallest absolute Gasteiger partial charge is 0.416 e. The molecule has 1 saturated heterocycles. The Balaban J connectivity index is 1.63. The molecule has 1 aromatic carbocycles.